The molecule has 0 unspecified atom stereocenters. The summed E-state index contributed by atoms with van der Waals surface area (Å²) in [6.07, 6.45) is 3.51. The van der Waals surface area contributed by atoms with Crippen molar-refractivity contribution in [2.45, 2.75) is 25.3 Å². The Morgan fingerprint density at radius 2 is 1.85 bits per heavy atom. The van der Waals surface area contributed by atoms with Gasteiger partial charge in [0, 0.05) is 32.7 Å². The molecule has 4 rings (SSSR count). The zero-order valence-electron chi connectivity index (χ0n) is 16.1. The van der Waals surface area contributed by atoms with E-state index in [0.29, 0.717) is 6.04 Å². The molecule has 142 valence electrons. The molecule has 0 spiro atoms. The van der Waals surface area contributed by atoms with Crippen molar-refractivity contribution in [3.05, 3.63) is 54.1 Å². The number of rotatable bonds is 6. The van der Waals surface area contributed by atoms with E-state index in [-0.39, 0.29) is 0 Å². The monoisotopic (exact) mass is 381 g/mol. The molecular formula is C22H27N3OS. The van der Waals surface area contributed by atoms with Gasteiger partial charge in [-0.05, 0) is 49.1 Å². The van der Waals surface area contributed by atoms with Gasteiger partial charge in [-0.2, -0.15) is 0 Å². The summed E-state index contributed by atoms with van der Waals surface area (Å²) in [5.41, 5.74) is 2.49. The highest BCUT2D eigenvalue weighted by molar-refractivity contribution is 7.22. The van der Waals surface area contributed by atoms with Gasteiger partial charge < -0.3 is 14.5 Å². The Hall–Kier alpha value is -2.11. The van der Waals surface area contributed by atoms with E-state index in [1.807, 2.05) is 0 Å². The van der Waals surface area contributed by atoms with Crippen molar-refractivity contribution in [3.8, 4) is 5.75 Å². The first-order chi connectivity index (χ1) is 13.2. The summed E-state index contributed by atoms with van der Waals surface area (Å²) in [5, 5.41) is 1.15. The predicted octanol–water partition coefficient (Wildman–Crippen LogP) is 4.45. The number of fused-ring (bicyclic) bond motifs is 1. The summed E-state index contributed by atoms with van der Waals surface area (Å²) >= 11 is 1.80. The molecule has 0 aliphatic carbocycles. The molecule has 27 heavy (non-hydrogen) atoms. The van der Waals surface area contributed by atoms with Gasteiger partial charge in [0.05, 0.1) is 17.3 Å². The minimum absolute atomic E-state index is 0.586. The second-order valence-corrected chi connectivity index (χ2v) is 8.26. The maximum Gasteiger partial charge on any atom is 0.186 e. The number of anilines is 1. The average Bonchev–Trinajstić information content (AvgIpc) is 3.17. The van der Waals surface area contributed by atoms with Gasteiger partial charge >= 0.3 is 0 Å². The molecule has 0 atom stereocenters. The fraction of sp³-hybridized carbons (Fsp3) is 0.409. The van der Waals surface area contributed by atoms with Crippen LogP contribution in [0, 0.1) is 0 Å². The Kier molecular flexibility index (Phi) is 5.60. The molecule has 1 saturated heterocycles. The lowest BCUT2D eigenvalue weighted by Gasteiger charge is -2.36. The number of para-hydroxylation sites is 1. The van der Waals surface area contributed by atoms with Crippen LogP contribution in [0.25, 0.3) is 10.2 Å². The Morgan fingerprint density at radius 1 is 1.11 bits per heavy atom. The molecule has 0 amide bonds. The van der Waals surface area contributed by atoms with Crippen molar-refractivity contribution in [1.29, 1.82) is 0 Å². The van der Waals surface area contributed by atoms with E-state index in [4.69, 9.17) is 9.72 Å². The first kappa shape index (κ1) is 18.3. The van der Waals surface area contributed by atoms with Crippen molar-refractivity contribution >= 4 is 26.7 Å². The molecule has 2 heterocycles. The van der Waals surface area contributed by atoms with E-state index in [9.17, 15) is 0 Å². The summed E-state index contributed by atoms with van der Waals surface area (Å²) in [4.78, 5) is 9.80. The smallest absolute Gasteiger partial charge is 0.186 e. The van der Waals surface area contributed by atoms with Gasteiger partial charge in [-0.15, -0.1) is 0 Å². The molecule has 1 aliphatic rings. The highest BCUT2D eigenvalue weighted by Gasteiger charge is 2.24. The number of methoxy groups -OCH3 is 1. The van der Waals surface area contributed by atoms with Crippen LogP contribution in [0.2, 0.25) is 0 Å². The fourth-order valence-corrected chi connectivity index (χ4v) is 4.78. The van der Waals surface area contributed by atoms with E-state index in [1.54, 1.807) is 18.4 Å². The lowest BCUT2D eigenvalue weighted by molar-refractivity contribution is 0.213. The van der Waals surface area contributed by atoms with Crippen molar-refractivity contribution < 1.29 is 4.74 Å². The molecule has 2 aromatic carbocycles. The summed E-state index contributed by atoms with van der Waals surface area (Å²) in [6.45, 7) is 3.45. The van der Waals surface area contributed by atoms with Gasteiger partial charge in [-0.25, -0.2) is 4.98 Å². The maximum atomic E-state index is 5.23. The highest BCUT2D eigenvalue weighted by atomic mass is 32.1. The number of hydrogen-bond donors (Lipinski definition) is 0. The summed E-state index contributed by atoms with van der Waals surface area (Å²) in [6, 6.07) is 17.4. The Balaban J connectivity index is 1.29. The minimum Gasteiger partial charge on any atom is -0.497 e. The third-order valence-corrected chi connectivity index (χ3v) is 6.69. The number of benzene rings is 2. The number of thiazole rings is 1. The number of piperidine rings is 1. The van der Waals surface area contributed by atoms with E-state index in [0.717, 1.165) is 42.5 Å². The standard InChI is InChI=1S/C22H27N3OS/c1-24(22-23-20-5-3-4-6-21(20)27-22)18-12-15-25(16-13-18)14-11-17-7-9-19(26-2)10-8-17/h3-10,18H,11-16H2,1-2H3. The van der Waals surface area contributed by atoms with Crippen LogP contribution < -0.4 is 9.64 Å². The van der Waals surface area contributed by atoms with Crippen LogP contribution in [0.4, 0.5) is 5.13 Å². The van der Waals surface area contributed by atoms with E-state index < -0.39 is 0 Å². The van der Waals surface area contributed by atoms with E-state index in [1.165, 1.54) is 23.1 Å². The first-order valence-electron chi connectivity index (χ1n) is 9.66. The van der Waals surface area contributed by atoms with Crippen LogP contribution in [0.1, 0.15) is 18.4 Å². The lowest BCUT2D eigenvalue weighted by Crippen LogP contribution is -2.44. The maximum absolute atomic E-state index is 5.23. The number of likely N-dealkylation sites (tertiary alicyclic amines) is 1. The second-order valence-electron chi connectivity index (χ2n) is 7.25. The van der Waals surface area contributed by atoms with Crippen molar-refractivity contribution in [3.63, 3.8) is 0 Å². The van der Waals surface area contributed by atoms with Gasteiger partial charge in [0.15, 0.2) is 5.13 Å². The van der Waals surface area contributed by atoms with Crippen molar-refractivity contribution in [2.24, 2.45) is 0 Å². The van der Waals surface area contributed by atoms with E-state index in [2.05, 4.69) is 65.4 Å². The number of nitrogens with zero attached hydrogens (tertiary/aromatic N) is 3. The number of ether oxygens (including phenoxy) is 1. The van der Waals surface area contributed by atoms with Crippen molar-refractivity contribution in [1.82, 2.24) is 9.88 Å². The molecule has 0 bridgehead atoms. The van der Waals surface area contributed by atoms with Gasteiger partial charge in [-0.1, -0.05) is 35.6 Å². The Morgan fingerprint density at radius 3 is 2.56 bits per heavy atom. The third-order valence-electron chi connectivity index (χ3n) is 5.56. The second kappa shape index (κ2) is 8.28. The number of hydrogen-bond acceptors (Lipinski definition) is 5. The quantitative estimate of drug-likeness (QED) is 0.631. The SMILES string of the molecule is COc1ccc(CCN2CCC(N(C)c3nc4ccccc4s3)CC2)cc1. The van der Waals surface area contributed by atoms with Crippen LogP contribution >= 0.6 is 11.3 Å². The molecule has 5 heteroatoms. The summed E-state index contributed by atoms with van der Waals surface area (Å²) in [5.74, 6) is 0.928. The zero-order chi connectivity index (χ0) is 18.6. The molecule has 1 fully saturated rings. The molecular weight excluding hydrogens is 354 g/mol. The minimum atomic E-state index is 0.586. The van der Waals surface area contributed by atoms with E-state index >= 15 is 0 Å². The molecule has 1 aromatic heterocycles. The summed E-state index contributed by atoms with van der Waals surface area (Å²) < 4.78 is 6.51. The Bertz CT molecular complexity index is 836. The predicted molar refractivity (Wildman–Crippen MR) is 114 cm³/mol. The third kappa shape index (κ3) is 4.25. The largest absolute Gasteiger partial charge is 0.497 e. The zero-order valence-corrected chi connectivity index (χ0v) is 16.9. The molecule has 0 N–H and O–H groups in total. The van der Waals surface area contributed by atoms with Crippen LogP contribution in [0.3, 0.4) is 0 Å². The first-order valence-corrected chi connectivity index (χ1v) is 10.5. The average molecular weight is 382 g/mol. The van der Waals surface area contributed by atoms with Gasteiger partial charge in [0.2, 0.25) is 0 Å². The normalized spacial score (nSPS) is 15.9. The highest BCUT2D eigenvalue weighted by Crippen LogP contribution is 2.30. The molecule has 0 radical (unpaired) electrons. The molecule has 0 saturated carbocycles. The lowest BCUT2D eigenvalue weighted by atomic mass is 10.0. The number of aromatic nitrogens is 1. The van der Waals surface area contributed by atoms with Gasteiger partial charge in [0.1, 0.15) is 5.75 Å². The van der Waals surface area contributed by atoms with Gasteiger partial charge in [0.25, 0.3) is 0 Å². The van der Waals surface area contributed by atoms with Crippen molar-refractivity contribution in [2.75, 3.05) is 38.7 Å². The fourth-order valence-electron chi connectivity index (χ4n) is 3.78. The topological polar surface area (TPSA) is 28.6 Å². The molecule has 1 aliphatic heterocycles. The van der Waals surface area contributed by atoms with Crippen LogP contribution in [0.15, 0.2) is 48.5 Å². The molecule has 4 nitrogen and oxygen atoms in total. The van der Waals surface area contributed by atoms with Crippen LogP contribution in [0.5, 0.6) is 5.75 Å². The summed E-state index contributed by atoms with van der Waals surface area (Å²) in [7, 11) is 3.92. The molecule has 3 aromatic rings. The van der Waals surface area contributed by atoms with Crippen LogP contribution in [-0.4, -0.2) is 49.7 Å². The van der Waals surface area contributed by atoms with Gasteiger partial charge in [-0.3, -0.25) is 0 Å². The Labute approximate surface area is 165 Å². The van der Waals surface area contributed by atoms with Crippen LogP contribution in [-0.2, 0) is 6.42 Å².